The molecular formula is C8H6Br4N2. The van der Waals surface area contributed by atoms with Crippen LogP contribution in [0.3, 0.4) is 0 Å². The number of alkyl halides is 4. The highest BCUT2D eigenvalue weighted by molar-refractivity contribution is 9.25. The summed E-state index contributed by atoms with van der Waals surface area (Å²) in [6.45, 7) is 0. The first-order valence-corrected chi connectivity index (χ1v) is 7.18. The van der Waals surface area contributed by atoms with E-state index >= 15 is 0 Å². The van der Waals surface area contributed by atoms with Gasteiger partial charge in [-0.1, -0.05) is 63.7 Å². The maximum absolute atomic E-state index is 4.35. The van der Waals surface area contributed by atoms with Gasteiger partial charge < -0.3 is 0 Å². The van der Waals surface area contributed by atoms with Crippen molar-refractivity contribution in [3.63, 3.8) is 0 Å². The van der Waals surface area contributed by atoms with Gasteiger partial charge in [-0.2, -0.15) is 0 Å². The normalized spacial score (nSPS) is 22.9. The van der Waals surface area contributed by atoms with Crippen molar-refractivity contribution < 1.29 is 0 Å². The molecule has 0 fully saturated rings. The van der Waals surface area contributed by atoms with Gasteiger partial charge in [-0.3, -0.25) is 9.97 Å². The summed E-state index contributed by atoms with van der Waals surface area (Å²) in [4.78, 5) is 8.70. The average molecular weight is 450 g/mol. The first-order chi connectivity index (χ1) is 6.43. The first-order valence-electron chi connectivity index (χ1n) is 4.01. The van der Waals surface area contributed by atoms with Crippen LogP contribution in [0.4, 0.5) is 0 Å². The summed E-state index contributed by atoms with van der Waals surface area (Å²) >= 11 is 14.5. The van der Waals surface area contributed by atoms with Gasteiger partial charge in [0.25, 0.3) is 0 Å². The summed E-state index contributed by atoms with van der Waals surface area (Å²) in [6, 6.07) is 0. The molecule has 2 rings (SSSR count). The lowest BCUT2D eigenvalue weighted by Crippen LogP contribution is -2.28. The molecule has 2 nitrogen and oxygen atoms in total. The molecule has 14 heavy (non-hydrogen) atoms. The number of halogens is 4. The van der Waals surface area contributed by atoms with Crippen LogP contribution in [-0.4, -0.2) is 9.97 Å². The van der Waals surface area contributed by atoms with E-state index in [0.717, 1.165) is 24.2 Å². The van der Waals surface area contributed by atoms with Gasteiger partial charge in [0.05, 0.1) is 11.4 Å². The molecule has 0 saturated heterocycles. The average Bonchev–Trinajstić information content (AvgIpc) is 2.14. The third-order valence-corrected chi connectivity index (χ3v) is 5.23. The van der Waals surface area contributed by atoms with Crippen LogP contribution in [0.15, 0.2) is 12.4 Å². The lowest BCUT2D eigenvalue weighted by atomic mass is 10.00. The molecule has 76 valence electrons. The van der Waals surface area contributed by atoms with Gasteiger partial charge in [-0.05, 0) is 12.8 Å². The zero-order valence-corrected chi connectivity index (χ0v) is 13.3. The van der Waals surface area contributed by atoms with Crippen molar-refractivity contribution in [2.45, 2.75) is 19.3 Å². The fraction of sp³-hybridized carbons (Fsp3) is 0.500. The van der Waals surface area contributed by atoms with Gasteiger partial charge in [-0.15, -0.1) is 0 Å². The van der Waals surface area contributed by atoms with Gasteiger partial charge in [-0.25, -0.2) is 0 Å². The Labute approximate surface area is 116 Å². The van der Waals surface area contributed by atoms with E-state index in [1.165, 1.54) is 0 Å². The van der Waals surface area contributed by atoms with Crippen LogP contribution < -0.4 is 0 Å². The van der Waals surface area contributed by atoms with Gasteiger partial charge in [0.2, 0.25) is 0 Å². The molecule has 1 heterocycles. The smallest absolute Gasteiger partial charge is 0.124 e. The molecule has 1 aliphatic rings. The second-order valence-electron chi connectivity index (χ2n) is 3.16. The Balaban J connectivity index is 2.61. The van der Waals surface area contributed by atoms with E-state index in [2.05, 4.69) is 73.7 Å². The fourth-order valence-corrected chi connectivity index (χ4v) is 3.38. The Morgan fingerprint density at radius 3 is 1.57 bits per heavy atom. The maximum atomic E-state index is 4.35. The molecule has 0 aromatic carbocycles. The minimum Gasteiger partial charge on any atom is -0.255 e. The molecule has 0 saturated carbocycles. The predicted molar refractivity (Wildman–Crippen MR) is 70.3 cm³/mol. The summed E-state index contributed by atoms with van der Waals surface area (Å²) in [5.41, 5.74) is 1.86. The Morgan fingerprint density at radius 1 is 0.857 bits per heavy atom. The minimum absolute atomic E-state index is 0.241. The number of rotatable bonds is 0. The molecule has 1 aromatic heterocycles. The molecule has 0 bridgehead atoms. The van der Waals surface area contributed by atoms with Crippen molar-refractivity contribution in [1.29, 1.82) is 0 Å². The zero-order valence-electron chi connectivity index (χ0n) is 6.98. The second-order valence-corrected chi connectivity index (χ2v) is 10.7. The van der Waals surface area contributed by atoms with E-state index < -0.39 is 0 Å². The molecule has 0 unspecified atom stereocenters. The quantitative estimate of drug-likeness (QED) is 0.556. The molecule has 0 amide bonds. The number of hydrogen-bond donors (Lipinski definition) is 0. The lowest BCUT2D eigenvalue weighted by molar-refractivity contribution is 0.597. The number of fused-ring (bicyclic) bond motifs is 1. The van der Waals surface area contributed by atoms with Gasteiger partial charge in [0, 0.05) is 12.4 Å². The topological polar surface area (TPSA) is 25.8 Å². The van der Waals surface area contributed by atoms with Crippen molar-refractivity contribution in [1.82, 2.24) is 9.97 Å². The standard InChI is InChI=1S/C8H6Br4N2/c9-7(10)1-2-8(11,12)6-5(7)13-3-4-14-6/h3-4H,1-2H2. The third kappa shape index (κ3) is 1.95. The van der Waals surface area contributed by atoms with Crippen LogP contribution in [-0.2, 0) is 6.47 Å². The molecule has 0 N–H and O–H groups in total. The summed E-state index contributed by atoms with van der Waals surface area (Å²) in [6.07, 6.45) is 5.29. The van der Waals surface area contributed by atoms with Crippen molar-refractivity contribution in [3.8, 4) is 0 Å². The summed E-state index contributed by atoms with van der Waals surface area (Å²) in [7, 11) is 0. The molecule has 0 radical (unpaired) electrons. The number of nitrogens with zero attached hydrogens (tertiary/aromatic N) is 2. The molecule has 0 atom stereocenters. The molecule has 0 spiro atoms. The van der Waals surface area contributed by atoms with Gasteiger partial charge in [0.1, 0.15) is 6.47 Å². The van der Waals surface area contributed by atoms with Crippen LogP contribution in [0.2, 0.25) is 0 Å². The Hall–Kier alpha value is 1.00. The van der Waals surface area contributed by atoms with E-state index in [0.29, 0.717) is 0 Å². The van der Waals surface area contributed by atoms with E-state index in [-0.39, 0.29) is 6.47 Å². The van der Waals surface area contributed by atoms with Gasteiger partial charge >= 0.3 is 0 Å². The third-order valence-electron chi connectivity index (χ3n) is 2.14. The lowest BCUT2D eigenvalue weighted by Gasteiger charge is -2.34. The monoisotopic (exact) mass is 446 g/mol. The summed E-state index contributed by atoms with van der Waals surface area (Å²) < 4.78 is -0.483. The van der Waals surface area contributed by atoms with Crippen LogP contribution >= 0.6 is 63.7 Å². The number of hydrogen-bond acceptors (Lipinski definition) is 2. The van der Waals surface area contributed by atoms with E-state index in [1.807, 2.05) is 0 Å². The van der Waals surface area contributed by atoms with E-state index in [9.17, 15) is 0 Å². The van der Waals surface area contributed by atoms with Crippen molar-refractivity contribution in [3.05, 3.63) is 23.8 Å². The largest absolute Gasteiger partial charge is 0.255 e. The Bertz CT molecular complexity index is 329. The minimum atomic E-state index is -0.241. The molecule has 6 heteroatoms. The predicted octanol–water partition coefficient (Wildman–Crippen LogP) is 4.16. The highest BCUT2D eigenvalue weighted by Gasteiger charge is 2.44. The van der Waals surface area contributed by atoms with Crippen LogP contribution in [0.25, 0.3) is 0 Å². The highest BCUT2D eigenvalue weighted by atomic mass is 79.9. The first kappa shape index (κ1) is 11.5. The van der Waals surface area contributed by atoms with Crippen molar-refractivity contribution >= 4 is 63.7 Å². The summed E-state index contributed by atoms with van der Waals surface area (Å²) in [5.74, 6) is 0. The van der Waals surface area contributed by atoms with Crippen LogP contribution in [0, 0.1) is 0 Å². The zero-order chi connectivity index (χ0) is 10.4. The molecule has 1 aromatic rings. The Morgan fingerprint density at radius 2 is 1.21 bits per heavy atom. The molecule has 1 aliphatic carbocycles. The van der Waals surface area contributed by atoms with Crippen LogP contribution in [0.1, 0.15) is 24.2 Å². The fourth-order valence-electron chi connectivity index (χ4n) is 1.42. The Kier molecular flexibility index (Phi) is 3.11. The molecular weight excluding hydrogens is 444 g/mol. The highest BCUT2D eigenvalue weighted by Crippen LogP contribution is 2.56. The SMILES string of the molecule is BrC1(Br)CCC(Br)(Br)c2nccnc21. The van der Waals surface area contributed by atoms with Gasteiger partial charge in [0.15, 0.2) is 0 Å². The second kappa shape index (κ2) is 3.79. The van der Waals surface area contributed by atoms with Crippen molar-refractivity contribution in [2.24, 2.45) is 0 Å². The van der Waals surface area contributed by atoms with Crippen LogP contribution in [0.5, 0.6) is 0 Å². The van der Waals surface area contributed by atoms with E-state index in [4.69, 9.17) is 0 Å². The summed E-state index contributed by atoms with van der Waals surface area (Å²) in [5, 5.41) is 0. The van der Waals surface area contributed by atoms with Crippen molar-refractivity contribution in [2.75, 3.05) is 0 Å². The van der Waals surface area contributed by atoms with E-state index in [1.54, 1.807) is 12.4 Å². The number of aromatic nitrogens is 2. The molecule has 0 aliphatic heterocycles. The maximum Gasteiger partial charge on any atom is 0.124 e.